The molecule has 1 aliphatic rings. The summed E-state index contributed by atoms with van der Waals surface area (Å²) in [6.07, 6.45) is 2.42. The first-order chi connectivity index (χ1) is 15.4. The van der Waals surface area contributed by atoms with Crippen LogP contribution in [0.15, 0.2) is 42.5 Å². The molecule has 0 saturated carbocycles. The number of unbranched alkanes of at least 4 members (excludes halogenated alkanes) is 1. The third kappa shape index (κ3) is 6.28. The molecular formula is C25H31F2N3O2. The van der Waals surface area contributed by atoms with Gasteiger partial charge < -0.3 is 15.5 Å². The lowest BCUT2D eigenvalue weighted by molar-refractivity contribution is -0.126. The van der Waals surface area contributed by atoms with Crippen molar-refractivity contribution in [2.24, 2.45) is 5.92 Å². The van der Waals surface area contributed by atoms with Gasteiger partial charge in [0.05, 0.1) is 5.92 Å². The zero-order chi connectivity index (χ0) is 23.1. The lowest BCUT2D eigenvalue weighted by atomic mass is 9.83. The number of aryl methyl sites for hydroxylation is 1. The minimum absolute atomic E-state index is 0.0788. The third-order valence-corrected chi connectivity index (χ3v) is 5.92. The molecule has 0 aliphatic carbocycles. The van der Waals surface area contributed by atoms with Crippen LogP contribution < -0.4 is 10.6 Å². The van der Waals surface area contributed by atoms with Crippen LogP contribution in [0.1, 0.15) is 48.8 Å². The molecule has 2 atom stereocenters. The Labute approximate surface area is 188 Å². The van der Waals surface area contributed by atoms with Crippen molar-refractivity contribution in [1.29, 1.82) is 0 Å². The summed E-state index contributed by atoms with van der Waals surface area (Å²) in [5, 5.41) is 5.80. The van der Waals surface area contributed by atoms with Crippen LogP contribution in [-0.4, -0.2) is 36.5 Å². The van der Waals surface area contributed by atoms with E-state index < -0.39 is 5.92 Å². The molecule has 1 fully saturated rings. The van der Waals surface area contributed by atoms with Gasteiger partial charge in [-0.1, -0.05) is 37.6 Å². The number of rotatable bonds is 7. The lowest BCUT2D eigenvalue weighted by Crippen LogP contribution is -2.51. The predicted octanol–water partition coefficient (Wildman–Crippen LogP) is 4.50. The van der Waals surface area contributed by atoms with Crippen LogP contribution in [0.25, 0.3) is 0 Å². The van der Waals surface area contributed by atoms with Crippen molar-refractivity contribution in [3.05, 3.63) is 70.8 Å². The number of nitrogens with zero attached hydrogens (tertiary/aromatic N) is 1. The highest BCUT2D eigenvalue weighted by Crippen LogP contribution is 2.31. The highest BCUT2D eigenvalue weighted by Gasteiger charge is 2.34. The zero-order valence-corrected chi connectivity index (χ0v) is 18.7. The van der Waals surface area contributed by atoms with Gasteiger partial charge in [-0.05, 0) is 54.7 Å². The maximum absolute atomic E-state index is 13.8. The van der Waals surface area contributed by atoms with Crippen LogP contribution in [-0.2, 0) is 11.3 Å². The molecule has 1 heterocycles. The first-order valence-electron chi connectivity index (χ1n) is 11.2. The fourth-order valence-electron chi connectivity index (χ4n) is 4.08. The number of carbonyl (C=O) groups is 2. The molecule has 2 unspecified atom stereocenters. The number of likely N-dealkylation sites (tertiary alicyclic amines) is 1. The topological polar surface area (TPSA) is 61.4 Å². The van der Waals surface area contributed by atoms with E-state index in [1.54, 1.807) is 36.1 Å². The van der Waals surface area contributed by atoms with E-state index >= 15 is 0 Å². The smallest absolute Gasteiger partial charge is 0.317 e. The van der Waals surface area contributed by atoms with E-state index in [4.69, 9.17) is 0 Å². The van der Waals surface area contributed by atoms with Crippen molar-refractivity contribution >= 4 is 11.9 Å². The number of hydrogen-bond donors (Lipinski definition) is 2. The predicted molar refractivity (Wildman–Crippen MR) is 120 cm³/mol. The first-order valence-corrected chi connectivity index (χ1v) is 11.2. The Bertz CT molecular complexity index is 951. The Hall–Kier alpha value is -2.96. The largest absolute Gasteiger partial charge is 0.352 e. The van der Waals surface area contributed by atoms with E-state index in [0.29, 0.717) is 37.2 Å². The van der Waals surface area contributed by atoms with Crippen LogP contribution in [0.4, 0.5) is 13.6 Å². The Morgan fingerprint density at radius 1 is 1.09 bits per heavy atom. The van der Waals surface area contributed by atoms with Gasteiger partial charge in [0.15, 0.2) is 0 Å². The Morgan fingerprint density at radius 3 is 2.62 bits per heavy atom. The molecule has 0 aromatic heterocycles. The van der Waals surface area contributed by atoms with E-state index in [-0.39, 0.29) is 36.0 Å². The average Bonchev–Trinajstić information content (AvgIpc) is 2.79. The number of piperidine rings is 1. The van der Waals surface area contributed by atoms with Gasteiger partial charge in [0.2, 0.25) is 5.91 Å². The van der Waals surface area contributed by atoms with Crippen molar-refractivity contribution in [3.63, 3.8) is 0 Å². The molecule has 0 bridgehead atoms. The van der Waals surface area contributed by atoms with Crippen molar-refractivity contribution in [1.82, 2.24) is 15.5 Å². The van der Waals surface area contributed by atoms with E-state index in [0.717, 1.165) is 18.4 Å². The van der Waals surface area contributed by atoms with Crippen molar-refractivity contribution < 1.29 is 18.4 Å². The number of carbonyl (C=O) groups excluding carboxylic acids is 2. The van der Waals surface area contributed by atoms with Gasteiger partial charge in [-0.2, -0.15) is 0 Å². The normalized spacial score (nSPS) is 18.3. The molecule has 32 heavy (non-hydrogen) atoms. The first kappa shape index (κ1) is 23.7. The lowest BCUT2D eigenvalue weighted by Gasteiger charge is -2.37. The summed E-state index contributed by atoms with van der Waals surface area (Å²) < 4.78 is 27.2. The highest BCUT2D eigenvalue weighted by molar-refractivity contribution is 5.81. The summed E-state index contributed by atoms with van der Waals surface area (Å²) in [5.41, 5.74) is 2.13. The molecule has 2 aromatic rings. The molecule has 0 radical (unpaired) electrons. The number of nitrogens with one attached hydrogen (secondary N) is 2. The minimum atomic E-state index is -0.412. The van der Waals surface area contributed by atoms with Crippen LogP contribution in [0, 0.1) is 24.5 Å². The molecule has 1 aliphatic heterocycles. The second-order valence-electron chi connectivity index (χ2n) is 8.48. The monoisotopic (exact) mass is 443 g/mol. The number of urea groups is 1. The minimum Gasteiger partial charge on any atom is -0.352 e. The summed E-state index contributed by atoms with van der Waals surface area (Å²) >= 11 is 0. The second kappa shape index (κ2) is 11.1. The average molecular weight is 444 g/mol. The van der Waals surface area contributed by atoms with Crippen LogP contribution in [0.2, 0.25) is 0 Å². The van der Waals surface area contributed by atoms with Gasteiger partial charge in [0, 0.05) is 32.1 Å². The summed E-state index contributed by atoms with van der Waals surface area (Å²) in [7, 11) is 0. The fraction of sp³-hybridized carbons (Fsp3) is 0.440. The van der Waals surface area contributed by atoms with Crippen LogP contribution in [0.3, 0.4) is 0 Å². The van der Waals surface area contributed by atoms with Gasteiger partial charge in [-0.25, -0.2) is 13.6 Å². The fourth-order valence-corrected chi connectivity index (χ4v) is 4.08. The molecule has 7 heteroatoms. The van der Waals surface area contributed by atoms with Gasteiger partial charge in [-0.15, -0.1) is 0 Å². The Balaban J connectivity index is 1.73. The summed E-state index contributed by atoms with van der Waals surface area (Å²) in [6.45, 7) is 5.35. The van der Waals surface area contributed by atoms with Gasteiger partial charge in [0.1, 0.15) is 11.6 Å². The second-order valence-corrected chi connectivity index (χ2v) is 8.48. The Kier molecular flexibility index (Phi) is 8.20. The maximum atomic E-state index is 13.8. The van der Waals surface area contributed by atoms with Crippen molar-refractivity contribution in [2.45, 2.75) is 45.6 Å². The molecule has 2 aromatic carbocycles. The highest BCUT2D eigenvalue weighted by atomic mass is 19.1. The quantitative estimate of drug-likeness (QED) is 0.619. The molecule has 1 saturated heterocycles. The third-order valence-electron chi connectivity index (χ3n) is 5.92. The summed E-state index contributed by atoms with van der Waals surface area (Å²) in [4.78, 5) is 27.4. The Morgan fingerprint density at radius 2 is 1.91 bits per heavy atom. The van der Waals surface area contributed by atoms with Gasteiger partial charge in [-0.3, -0.25) is 4.79 Å². The molecule has 0 spiro atoms. The van der Waals surface area contributed by atoms with E-state index in [2.05, 4.69) is 17.6 Å². The van der Waals surface area contributed by atoms with Crippen molar-refractivity contribution in [2.75, 3.05) is 19.6 Å². The van der Waals surface area contributed by atoms with Crippen LogP contribution >= 0.6 is 0 Å². The van der Waals surface area contributed by atoms with Gasteiger partial charge in [0.25, 0.3) is 0 Å². The van der Waals surface area contributed by atoms with Gasteiger partial charge >= 0.3 is 6.03 Å². The molecule has 5 nitrogen and oxygen atoms in total. The zero-order valence-electron chi connectivity index (χ0n) is 18.7. The molecule has 2 N–H and O–H groups in total. The SMILES string of the molecule is CCCCNC(=O)N1CC(C(=O)NCc2cccc(F)c2)CC(c2ccc(F)c(C)c2)C1. The van der Waals surface area contributed by atoms with Crippen molar-refractivity contribution in [3.8, 4) is 0 Å². The van der Waals surface area contributed by atoms with E-state index in [9.17, 15) is 18.4 Å². The number of halogens is 2. The molecular weight excluding hydrogens is 412 g/mol. The van der Waals surface area contributed by atoms with Crippen LogP contribution in [0.5, 0.6) is 0 Å². The number of amides is 3. The molecule has 3 amide bonds. The maximum Gasteiger partial charge on any atom is 0.317 e. The molecule has 172 valence electrons. The number of hydrogen-bond acceptors (Lipinski definition) is 2. The summed E-state index contributed by atoms with van der Waals surface area (Å²) in [6, 6.07) is 10.9. The number of benzene rings is 2. The standard InChI is InChI=1S/C25H31F2N3O2/c1-3-4-10-28-25(32)30-15-20(19-8-9-23(27)17(2)11-19)13-21(16-30)24(31)29-14-18-6-5-7-22(26)12-18/h5-9,11-12,20-21H,3-4,10,13-16H2,1-2H3,(H,28,32)(H,29,31). The summed E-state index contributed by atoms with van der Waals surface area (Å²) in [5.74, 6) is -1.29. The van der Waals surface area contributed by atoms with E-state index in [1.165, 1.54) is 18.2 Å². The van der Waals surface area contributed by atoms with E-state index in [1.807, 2.05) is 0 Å². The molecule has 3 rings (SSSR count).